The number of nitrogens with one attached hydrogen (secondary N) is 2. The smallest absolute Gasteiger partial charge is 0.350 e. The molecule has 1 aromatic carbocycles. The highest BCUT2D eigenvalue weighted by atomic mass is 16.5. The summed E-state index contributed by atoms with van der Waals surface area (Å²) in [4.78, 5) is 34.8. The lowest BCUT2D eigenvalue weighted by molar-refractivity contribution is 0.0946. The fourth-order valence-electron chi connectivity index (χ4n) is 5.55. The molecule has 4 N–H and O–H groups in total. The number of nitrogens with two attached hydrogens (primary N) is 1. The molecule has 1 atom stereocenters. The van der Waals surface area contributed by atoms with Gasteiger partial charge in [-0.1, -0.05) is 6.42 Å². The van der Waals surface area contributed by atoms with Crippen molar-refractivity contribution in [1.82, 2.24) is 24.7 Å². The van der Waals surface area contributed by atoms with Gasteiger partial charge in [0, 0.05) is 31.2 Å². The average Bonchev–Trinajstić information content (AvgIpc) is 3.16. The number of likely N-dealkylation sites (tertiary alicyclic amines) is 2. The van der Waals surface area contributed by atoms with Crippen LogP contribution in [-0.4, -0.2) is 77.6 Å². The van der Waals surface area contributed by atoms with Crippen LogP contribution in [-0.2, 0) is 0 Å². The van der Waals surface area contributed by atoms with Crippen molar-refractivity contribution in [2.24, 2.45) is 5.73 Å². The van der Waals surface area contributed by atoms with Crippen LogP contribution in [0.2, 0.25) is 0 Å². The number of piperidine rings is 1. The van der Waals surface area contributed by atoms with Crippen LogP contribution in [0, 0.1) is 0 Å². The largest absolute Gasteiger partial charge is 0.450 e. The summed E-state index contributed by atoms with van der Waals surface area (Å²) in [5.74, 6) is 1.40. The quantitative estimate of drug-likeness (QED) is 0.424. The predicted molar refractivity (Wildman–Crippen MR) is 144 cm³/mol. The van der Waals surface area contributed by atoms with E-state index in [1.54, 1.807) is 29.0 Å². The Morgan fingerprint density at radius 2 is 1.86 bits per heavy atom. The molecule has 1 amide bonds. The standard InChI is InChI=1S/C27H39N7O3/c28-10-5-15-32-14-4-6-21(9-16-32)34-19-24-25(31-27(34)36)30-22-18-20(7-8-23(22)37-24)26(35)29-11-17-33-12-2-1-3-13-33/h7-8,18-19,21H,1-6,9-17,28H2,(H,29,35)(H,30,31,36). The molecule has 0 aliphatic carbocycles. The molecule has 0 radical (unpaired) electrons. The van der Waals surface area contributed by atoms with Crippen molar-refractivity contribution in [1.29, 1.82) is 0 Å². The predicted octanol–water partition coefficient (Wildman–Crippen LogP) is 2.68. The van der Waals surface area contributed by atoms with Gasteiger partial charge >= 0.3 is 5.69 Å². The van der Waals surface area contributed by atoms with Crippen LogP contribution in [0.25, 0.3) is 0 Å². The number of anilines is 2. The van der Waals surface area contributed by atoms with E-state index in [4.69, 9.17) is 10.5 Å². The highest BCUT2D eigenvalue weighted by Crippen LogP contribution is 2.41. The zero-order valence-corrected chi connectivity index (χ0v) is 21.6. The summed E-state index contributed by atoms with van der Waals surface area (Å²) in [6, 6.07) is 5.41. The van der Waals surface area contributed by atoms with Crippen LogP contribution >= 0.6 is 0 Å². The van der Waals surface area contributed by atoms with Gasteiger partial charge in [-0.2, -0.15) is 4.98 Å². The molecule has 10 nitrogen and oxygen atoms in total. The summed E-state index contributed by atoms with van der Waals surface area (Å²) in [5, 5.41) is 6.22. The van der Waals surface area contributed by atoms with Crippen LogP contribution in [0.15, 0.2) is 29.2 Å². The number of fused-ring (bicyclic) bond motifs is 2. The first-order chi connectivity index (χ1) is 18.1. The molecule has 4 heterocycles. The van der Waals surface area contributed by atoms with Gasteiger partial charge < -0.3 is 30.9 Å². The Labute approximate surface area is 218 Å². The van der Waals surface area contributed by atoms with Crippen LogP contribution in [0.3, 0.4) is 0 Å². The van der Waals surface area contributed by atoms with Gasteiger partial charge in [0.05, 0.1) is 11.9 Å². The second kappa shape index (κ2) is 12.1. The van der Waals surface area contributed by atoms with E-state index in [0.29, 0.717) is 41.7 Å². The number of hydrogen-bond donors (Lipinski definition) is 3. The Hall–Kier alpha value is -2.95. The van der Waals surface area contributed by atoms with E-state index in [1.807, 2.05) is 0 Å². The normalized spacial score (nSPS) is 20.2. The molecule has 10 heteroatoms. The number of carbonyl (C=O) groups is 1. The molecule has 37 heavy (non-hydrogen) atoms. The maximum atomic E-state index is 13.0. The fraction of sp³-hybridized carbons (Fsp3) is 0.593. The van der Waals surface area contributed by atoms with Crippen molar-refractivity contribution < 1.29 is 9.53 Å². The van der Waals surface area contributed by atoms with E-state index in [2.05, 4.69) is 25.4 Å². The first-order valence-corrected chi connectivity index (χ1v) is 13.8. The molecule has 2 aromatic rings. The third kappa shape index (κ3) is 6.31. The van der Waals surface area contributed by atoms with Crippen LogP contribution in [0.5, 0.6) is 11.5 Å². The molecule has 0 spiro atoms. The first kappa shape index (κ1) is 25.7. The molecule has 3 aliphatic rings. The second-order valence-corrected chi connectivity index (χ2v) is 10.3. The van der Waals surface area contributed by atoms with Gasteiger partial charge in [0.15, 0.2) is 17.3 Å². The topological polar surface area (TPSA) is 118 Å². The number of nitrogens with zero attached hydrogens (tertiary/aromatic N) is 4. The van der Waals surface area contributed by atoms with Crippen molar-refractivity contribution in [2.45, 2.75) is 51.0 Å². The minimum absolute atomic E-state index is 0.0918. The molecule has 3 aliphatic heterocycles. The fourth-order valence-corrected chi connectivity index (χ4v) is 5.55. The van der Waals surface area contributed by atoms with Crippen molar-refractivity contribution in [3.63, 3.8) is 0 Å². The summed E-state index contributed by atoms with van der Waals surface area (Å²) in [7, 11) is 0. The summed E-state index contributed by atoms with van der Waals surface area (Å²) in [6.45, 7) is 7.39. The zero-order chi connectivity index (χ0) is 25.6. The second-order valence-electron chi connectivity index (χ2n) is 10.3. The molecule has 1 aromatic heterocycles. The number of aromatic nitrogens is 2. The lowest BCUT2D eigenvalue weighted by atomic mass is 10.1. The number of benzene rings is 1. The van der Waals surface area contributed by atoms with Gasteiger partial charge in [0.2, 0.25) is 0 Å². The summed E-state index contributed by atoms with van der Waals surface area (Å²) < 4.78 is 7.84. The molecule has 1 unspecified atom stereocenters. The van der Waals surface area contributed by atoms with Crippen LogP contribution in [0.1, 0.15) is 61.3 Å². The number of rotatable bonds is 8. The number of amides is 1. The Kier molecular flexibility index (Phi) is 8.38. The van der Waals surface area contributed by atoms with Crippen molar-refractivity contribution in [2.75, 3.05) is 57.7 Å². The molecule has 0 saturated carbocycles. The minimum Gasteiger partial charge on any atom is -0.450 e. The molecule has 2 fully saturated rings. The highest BCUT2D eigenvalue weighted by molar-refractivity contribution is 5.96. The minimum atomic E-state index is -0.287. The Morgan fingerprint density at radius 3 is 2.70 bits per heavy atom. The summed E-state index contributed by atoms with van der Waals surface area (Å²) >= 11 is 0. The van der Waals surface area contributed by atoms with E-state index in [0.717, 1.165) is 65.0 Å². The average molecular weight is 510 g/mol. The molecule has 0 bridgehead atoms. The molecular formula is C27H39N7O3. The van der Waals surface area contributed by atoms with Gasteiger partial charge in [-0.15, -0.1) is 0 Å². The van der Waals surface area contributed by atoms with E-state index in [-0.39, 0.29) is 17.6 Å². The lowest BCUT2D eigenvalue weighted by Gasteiger charge is -2.26. The maximum Gasteiger partial charge on any atom is 0.350 e. The summed E-state index contributed by atoms with van der Waals surface area (Å²) in [6.07, 6.45) is 9.40. The number of ether oxygens (including phenoxy) is 1. The Morgan fingerprint density at radius 1 is 1.05 bits per heavy atom. The van der Waals surface area contributed by atoms with Gasteiger partial charge in [-0.25, -0.2) is 4.79 Å². The Bertz CT molecular complexity index is 1150. The maximum absolute atomic E-state index is 13.0. The SMILES string of the molecule is NCCCN1CCCC(n2cc3c(nc2=O)Nc2cc(C(=O)NCCN4CCCCC4)ccc2O3)CC1. The molecule has 5 rings (SSSR count). The molecule has 200 valence electrons. The van der Waals surface area contributed by atoms with E-state index < -0.39 is 0 Å². The van der Waals surface area contributed by atoms with Crippen LogP contribution in [0.4, 0.5) is 11.5 Å². The van der Waals surface area contributed by atoms with E-state index >= 15 is 0 Å². The lowest BCUT2D eigenvalue weighted by Crippen LogP contribution is -2.37. The monoisotopic (exact) mass is 509 g/mol. The van der Waals surface area contributed by atoms with Gasteiger partial charge in [0.25, 0.3) is 5.91 Å². The summed E-state index contributed by atoms with van der Waals surface area (Å²) in [5.41, 5.74) is 6.56. The highest BCUT2D eigenvalue weighted by Gasteiger charge is 2.25. The number of carbonyl (C=O) groups excluding carboxylic acids is 1. The Balaban J connectivity index is 1.22. The number of hydrogen-bond acceptors (Lipinski definition) is 8. The van der Waals surface area contributed by atoms with Crippen LogP contribution < -0.4 is 26.8 Å². The van der Waals surface area contributed by atoms with Crippen molar-refractivity contribution in [3.05, 3.63) is 40.4 Å². The van der Waals surface area contributed by atoms with E-state index in [9.17, 15) is 9.59 Å². The third-order valence-corrected chi connectivity index (χ3v) is 7.66. The molecular weight excluding hydrogens is 470 g/mol. The molecule has 2 saturated heterocycles. The van der Waals surface area contributed by atoms with Gasteiger partial charge in [0.1, 0.15) is 0 Å². The van der Waals surface area contributed by atoms with E-state index in [1.165, 1.54) is 19.3 Å². The van der Waals surface area contributed by atoms with Gasteiger partial charge in [-0.05, 0) is 89.4 Å². The first-order valence-electron chi connectivity index (χ1n) is 13.8. The van der Waals surface area contributed by atoms with Gasteiger partial charge in [-0.3, -0.25) is 9.36 Å². The zero-order valence-electron chi connectivity index (χ0n) is 21.6. The van der Waals surface area contributed by atoms with Crippen molar-refractivity contribution >= 4 is 17.4 Å². The van der Waals surface area contributed by atoms with Crippen molar-refractivity contribution in [3.8, 4) is 11.5 Å². The third-order valence-electron chi connectivity index (χ3n) is 7.66.